The molecule has 0 saturated heterocycles. The second-order valence-electron chi connectivity index (χ2n) is 6.01. The maximum Gasteiger partial charge on any atom is 0.416 e. The molecule has 0 aliphatic rings. The number of carbonyl (C=O) groups excluding carboxylic acids is 1. The summed E-state index contributed by atoms with van der Waals surface area (Å²) in [7, 11) is 1.87. The molecule has 8 heteroatoms. The highest BCUT2D eigenvalue weighted by Crippen LogP contribution is 2.29. The molecule has 136 valence electrons. The van der Waals surface area contributed by atoms with Gasteiger partial charge in [0.25, 0.3) is 5.91 Å². The summed E-state index contributed by atoms with van der Waals surface area (Å²) in [4.78, 5) is 17.6. The van der Waals surface area contributed by atoms with Crippen molar-refractivity contribution in [2.24, 2.45) is 0 Å². The number of halogens is 3. The lowest BCUT2D eigenvalue weighted by Gasteiger charge is -2.13. The SMILES string of the molecule is C[NH+](CC(=O)Nc1ccc(C(F)(F)F)cc1)Cc1nc2ccccc2s1. The lowest BCUT2D eigenvalue weighted by Crippen LogP contribution is -3.08. The summed E-state index contributed by atoms with van der Waals surface area (Å²) in [5.41, 5.74) is 0.541. The number of hydrogen-bond acceptors (Lipinski definition) is 3. The van der Waals surface area contributed by atoms with Gasteiger partial charge in [0.05, 0.1) is 22.8 Å². The third kappa shape index (κ3) is 4.59. The first-order chi connectivity index (χ1) is 12.3. The average molecular weight is 380 g/mol. The van der Waals surface area contributed by atoms with E-state index in [4.69, 9.17) is 0 Å². The Kier molecular flexibility index (Phi) is 5.24. The van der Waals surface area contributed by atoms with Crippen LogP contribution in [0.25, 0.3) is 10.2 Å². The number of carbonyl (C=O) groups is 1. The van der Waals surface area contributed by atoms with Gasteiger partial charge >= 0.3 is 6.18 Å². The van der Waals surface area contributed by atoms with Gasteiger partial charge in [-0.05, 0) is 36.4 Å². The molecule has 0 aliphatic carbocycles. The van der Waals surface area contributed by atoms with Crippen LogP contribution in [-0.4, -0.2) is 24.5 Å². The third-order valence-electron chi connectivity index (χ3n) is 3.75. The number of aromatic nitrogens is 1. The van der Waals surface area contributed by atoms with E-state index in [0.29, 0.717) is 12.2 Å². The number of amides is 1. The molecule has 1 heterocycles. The predicted octanol–water partition coefficient (Wildman–Crippen LogP) is 2.97. The Balaban J connectivity index is 1.55. The van der Waals surface area contributed by atoms with Crippen LogP contribution in [0.3, 0.4) is 0 Å². The summed E-state index contributed by atoms with van der Waals surface area (Å²) < 4.78 is 38.7. The zero-order valence-corrected chi connectivity index (χ0v) is 14.7. The third-order valence-corrected chi connectivity index (χ3v) is 4.79. The highest BCUT2D eigenvalue weighted by atomic mass is 32.1. The van der Waals surface area contributed by atoms with Crippen molar-refractivity contribution in [3.63, 3.8) is 0 Å². The highest BCUT2D eigenvalue weighted by molar-refractivity contribution is 7.18. The normalized spacial score (nSPS) is 12.9. The molecule has 26 heavy (non-hydrogen) atoms. The van der Waals surface area contributed by atoms with Crippen molar-refractivity contribution in [1.29, 1.82) is 0 Å². The van der Waals surface area contributed by atoms with E-state index in [9.17, 15) is 18.0 Å². The van der Waals surface area contributed by atoms with Gasteiger partial charge in [-0.25, -0.2) is 4.98 Å². The lowest BCUT2D eigenvalue weighted by atomic mass is 10.2. The first kappa shape index (κ1) is 18.3. The van der Waals surface area contributed by atoms with Gasteiger partial charge in [-0.15, -0.1) is 11.3 Å². The van der Waals surface area contributed by atoms with E-state index in [1.807, 2.05) is 31.3 Å². The fourth-order valence-electron chi connectivity index (χ4n) is 2.54. The van der Waals surface area contributed by atoms with Gasteiger partial charge in [-0.3, -0.25) is 4.79 Å². The number of thiazole rings is 1. The molecular formula is C18H17F3N3OS+. The molecule has 1 unspecified atom stereocenters. The predicted molar refractivity (Wildman–Crippen MR) is 95.2 cm³/mol. The zero-order chi connectivity index (χ0) is 18.7. The van der Waals surface area contributed by atoms with Crippen LogP contribution in [0.1, 0.15) is 10.6 Å². The van der Waals surface area contributed by atoms with Crippen LogP contribution < -0.4 is 10.2 Å². The number of benzene rings is 2. The van der Waals surface area contributed by atoms with Gasteiger partial charge in [0, 0.05) is 5.69 Å². The van der Waals surface area contributed by atoms with Crippen LogP contribution in [0.4, 0.5) is 18.9 Å². The van der Waals surface area contributed by atoms with Crippen molar-refractivity contribution in [2.75, 3.05) is 18.9 Å². The van der Waals surface area contributed by atoms with Gasteiger partial charge in [0.15, 0.2) is 6.54 Å². The molecule has 3 aromatic rings. The van der Waals surface area contributed by atoms with E-state index in [-0.39, 0.29) is 12.5 Å². The number of rotatable bonds is 5. The number of hydrogen-bond donors (Lipinski definition) is 2. The van der Waals surface area contributed by atoms with Crippen molar-refractivity contribution in [3.8, 4) is 0 Å². The number of nitrogens with one attached hydrogen (secondary N) is 2. The van der Waals surface area contributed by atoms with Crippen molar-refractivity contribution in [1.82, 2.24) is 4.98 Å². The van der Waals surface area contributed by atoms with E-state index < -0.39 is 11.7 Å². The Labute approximate surface area is 152 Å². The van der Waals surface area contributed by atoms with Crippen LogP contribution in [0.5, 0.6) is 0 Å². The Morgan fingerprint density at radius 2 is 1.85 bits per heavy atom. The van der Waals surface area contributed by atoms with E-state index in [1.165, 1.54) is 12.1 Å². The second-order valence-corrected chi connectivity index (χ2v) is 7.12. The number of para-hydroxylation sites is 1. The van der Waals surface area contributed by atoms with Gasteiger partial charge in [0.1, 0.15) is 11.6 Å². The summed E-state index contributed by atoms with van der Waals surface area (Å²) >= 11 is 1.59. The monoisotopic (exact) mass is 380 g/mol. The number of nitrogens with zero attached hydrogens (tertiary/aromatic N) is 1. The van der Waals surface area contributed by atoms with Gasteiger partial charge in [0.2, 0.25) is 0 Å². The largest absolute Gasteiger partial charge is 0.416 e. The number of quaternary nitrogens is 1. The highest BCUT2D eigenvalue weighted by Gasteiger charge is 2.30. The Morgan fingerprint density at radius 3 is 2.50 bits per heavy atom. The Hall–Kier alpha value is -2.45. The molecule has 1 atom stereocenters. The van der Waals surface area contributed by atoms with Crippen molar-refractivity contribution < 1.29 is 22.9 Å². The van der Waals surface area contributed by atoms with Gasteiger partial charge in [-0.1, -0.05) is 12.1 Å². The minimum Gasteiger partial charge on any atom is -0.324 e. The van der Waals surface area contributed by atoms with Crippen LogP contribution >= 0.6 is 11.3 Å². The van der Waals surface area contributed by atoms with Crippen LogP contribution in [0, 0.1) is 0 Å². The van der Waals surface area contributed by atoms with E-state index in [0.717, 1.165) is 32.3 Å². The summed E-state index contributed by atoms with van der Waals surface area (Å²) in [6.07, 6.45) is -4.38. The molecule has 2 N–H and O–H groups in total. The second kappa shape index (κ2) is 7.43. The molecule has 2 aromatic carbocycles. The molecule has 0 radical (unpaired) electrons. The summed E-state index contributed by atoms with van der Waals surface area (Å²) in [6, 6.07) is 12.2. The van der Waals surface area contributed by atoms with Crippen molar-refractivity contribution >= 4 is 33.1 Å². The molecule has 0 saturated carbocycles. The number of alkyl halides is 3. The van der Waals surface area contributed by atoms with E-state index in [1.54, 1.807) is 11.3 Å². The standard InChI is InChI=1S/C18H16F3N3OS/c1-24(11-17-23-14-4-2-3-5-15(14)26-17)10-16(25)22-13-8-6-12(7-9-13)18(19,20)21/h2-9H,10-11H2,1H3,(H,22,25)/p+1. The smallest absolute Gasteiger partial charge is 0.324 e. The first-order valence-corrected chi connectivity index (χ1v) is 8.76. The Morgan fingerprint density at radius 1 is 1.15 bits per heavy atom. The quantitative estimate of drug-likeness (QED) is 0.715. The zero-order valence-electron chi connectivity index (χ0n) is 13.9. The molecule has 0 spiro atoms. The molecule has 3 rings (SSSR count). The number of likely N-dealkylation sites (N-methyl/N-ethyl adjacent to an activating group) is 1. The molecular weight excluding hydrogens is 363 g/mol. The molecule has 1 amide bonds. The molecule has 0 bridgehead atoms. The van der Waals surface area contributed by atoms with Crippen LogP contribution in [0.2, 0.25) is 0 Å². The van der Waals surface area contributed by atoms with Crippen molar-refractivity contribution in [2.45, 2.75) is 12.7 Å². The number of anilines is 1. The minimum atomic E-state index is -4.38. The van der Waals surface area contributed by atoms with E-state index >= 15 is 0 Å². The molecule has 0 fully saturated rings. The maximum absolute atomic E-state index is 12.5. The van der Waals surface area contributed by atoms with Gasteiger partial charge < -0.3 is 10.2 Å². The van der Waals surface area contributed by atoms with Crippen molar-refractivity contribution in [3.05, 3.63) is 59.1 Å². The van der Waals surface area contributed by atoms with E-state index in [2.05, 4.69) is 10.3 Å². The lowest BCUT2D eigenvalue weighted by molar-refractivity contribution is -0.885. The fourth-order valence-corrected chi connectivity index (χ4v) is 3.62. The minimum absolute atomic E-state index is 0.191. The average Bonchev–Trinajstić information content (AvgIpc) is 2.96. The molecule has 4 nitrogen and oxygen atoms in total. The first-order valence-electron chi connectivity index (χ1n) is 7.94. The maximum atomic E-state index is 12.5. The topological polar surface area (TPSA) is 46.4 Å². The number of fused-ring (bicyclic) bond motifs is 1. The van der Waals surface area contributed by atoms with Crippen LogP contribution in [0.15, 0.2) is 48.5 Å². The fraction of sp³-hybridized carbons (Fsp3) is 0.222. The summed E-state index contributed by atoms with van der Waals surface area (Å²) in [5, 5.41) is 3.56. The summed E-state index contributed by atoms with van der Waals surface area (Å²) in [5.74, 6) is -0.261. The molecule has 0 aliphatic heterocycles. The Bertz CT molecular complexity index is 873. The molecule has 1 aromatic heterocycles. The van der Waals surface area contributed by atoms with Crippen LogP contribution in [-0.2, 0) is 17.5 Å². The summed E-state index contributed by atoms with van der Waals surface area (Å²) in [6.45, 7) is 0.788. The van der Waals surface area contributed by atoms with Gasteiger partial charge in [-0.2, -0.15) is 13.2 Å².